The van der Waals surface area contributed by atoms with Crippen LogP contribution in [-0.2, 0) is 77.0 Å². The first-order valence-corrected chi connectivity index (χ1v) is 44.9. The number of pyridine rings is 4. The van der Waals surface area contributed by atoms with Crippen LogP contribution in [0.25, 0.3) is 0 Å². The molecule has 0 spiro atoms. The summed E-state index contributed by atoms with van der Waals surface area (Å²) in [5, 5.41) is 0. The minimum Gasteiger partial charge on any atom is -0.494 e. The second kappa shape index (κ2) is 64.2. The predicted molar refractivity (Wildman–Crippen MR) is 472 cm³/mol. The molecular formula is C102H152N4O4. The van der Waals surface area contributed by atoms with E-state index in [0.717, 1.165) is 113 Å². The monoisotopic (exact) mass is 1500 g/mol. The van der Waals surface area contributed by atoms with Crippen molar-refractivity contribution in [1.82, 2.24) is 19.9 Å². The fourth-order valence-electron chi connectivity index (χ4n) is 13.5. The van der Waals surface area contributed by atoms with Gasteiger partial charge < -0.3 is 18.9 Å². The molecule has 0 aliphatic heterocycles. The minimum absolute atomic E-state index is 0.717. The summed E-state index contributed by atoms with van der Waals surface area (Å²) in [6.07, 6.45) is 66.2. The Bertz CT molecular complexity index is 3350. The highest BCUT2D eigenvalue weighted by Gasteiger charge is 2.07. The summed E-state index contributed by atoms with van der Waals surface area (Å²) in [6, 6.07) is 51.9. The Morgan fingerprint density at radius 2 is 0.391 bits per heavy atom. The lowest BCUT2D eigenvalue weighted by molar-refractivity contribution is 0.306. The summed E-state index contributed by atoms with van der Waals surface area (Å²) in [7, 11) is 0. The van der Waals surface area contributed by atoms with Gasteiger partial charge in [0.1, 0.15) is 23.0 Å². The largest absolute Gasteiger partial charge is 0.494 e. The molecule has 4 aromatic heterocycles. The van der Waals surface area contributed by atoms with E-state index in [1.165, 1.54) is 292 Å². The first-order chi connectivity index (χ1) is 54.3. The first-order valence-electron chi connectivity index (χ1n) is 44.9. The average Bonchev–Trinajstić information content (AvgIpc) is 0.905. The van der Waals surface area contributed by atoms with E-state index in [-0.39, 0.29) is 0 Å². The Hall–Kier alpha value is -7.32. The lowest BCUT2D eigenvalue weighted by Gasteiger charge is -2.07. The molecule has 0 aliphatic carbocycles. The number of unbranched alkanes of at least 4 members (excludes halogenated alkanes) is 27. The summed E-state index contributed by atoms with van der Waals surface area (Å²) < 4.78 is 22.6. The van der Waals surface area contributed by atoms with Crippen molar-refractivity contribution in [3.63, 3.8) is 0 Å². The van der Waals surface area contributed by atoms with Crippen molar-refractivity contribution >= 4 is 0 Å². The second-order valence-electron chi connectivity index (χ2n) is 30.7. The molecule has 8 rings (SSSR count). The molecule has 8 aromatic rings. The van der Waals surface area contributed by atoms with E-state index >= 15 is 0 Å². The number of ether oxygens (including phenoxy) is 4. The summed E-state index contributed by atoms with van der Waals surface area (Å²) in [4.78, 5) is 18.7. The summed E-state index contributed by atoms with van der Waals surface area (Å²) >= 11 is 0. The Morgan fingerprint density at radius 1 is 0.173 bits per heavy atom. The van der Waals surface area contributed by atoms with Gasteiger partial charge in [-0.1, -0.05) is 295 Å². The number of nitrogens with zero attached hydrogens (tertiary/aromatic N) is 4. The summed E-state index contributed by atoms with van der Waals surface area (Å²) in [5.74, 6) is 3.88. The van der Waals surface area contributed by atoms with Crippen LogP contribution in [0.2, 0.25) is 0 Å². The molecule has 0 N–H and O–H groups in total. The molecule has 604 valence electrons. The van der Waals surface area contributed by atoms with Crippen molar-refractivity contribution in [2.24, 2.45) is 0 Å². The van der Waals surface area contributed by atoms with Crippen molar-refractivity contribution in [3.05, 3.63) is 238 Å². The van der Waals surface area contributed by atoms with Gasteiger partial charge >= 0.3 is 0 Å². The van der Waals surface area contributed by atoms with Crippen LogP contribution in [0.3, 0.4) is 0 Å². The normalized spacial score (nSPS) is 10.9. The van der Waals surface area contributed by atoms with Gasteiger partial charge in [-0.05, 0) is 246 Å². The fourth-order valence-corrected chi connectivity index (χ4v) is 13.5. The maximum absolute atomic E-state index is 5.79. The van der Waals surface area contributed by atoms with E-state index in [1.807, 2.05) is 6.92 Å². The van der Waals surface area contributed by atoms with Crippen LogP contribution >= 0.6 is 0 Å². The molecule has 0 unspecified atom stereocenters. The summed E-state index contributed by atoms with van der Waals surface area (Å²) in [5.41, 5.74) is 15.6. The van der Waals surface area contributed by atoms with Crippen LogP contribution in [0.15, 0.2) is 170 Å². The third-order valence-electron chi connectivity index (χ3n) is 20.8. The Balaban J connectivity index is 0.000000263. The van der Waals surface area contributed by atoms with Crippen LogP contribution in [0.4, 0.5) is 0 Å². The lowest BCUT2D eigenvalue weighted by atomic mass is 10.0. The zero-order valence-electron chi connectivity index (χ0n) is 70.9. The van der Waals surface area contributed by atoms with E-state index in [2.05, 4.69) is 239 Å². The standard InChI is InChI=1S/C27H41NO.C26H39NO.C25H37NO.C24H35NO/c1-3-5-7-8-9-10-11-13-25-15-19-26(28-23-25)18-14-24-16-20-27(21-17-24)29-22-12-6-4-2;1-3-5-7-8-9-10-11-12-24-14-18-25(27-22-24)17-13-23-15-19-26(20-16-23)28-21-6-4-2;1-3-5-6-7-8-9-10-11-23-13-17-24(26-21-23)16-12-22-14-18-25(19-15-22)27-20-4-2;1-3-5-6-7-8-9-10-11-22-13-17-23(25-20-22)16-12-21-14-18-24(19-15-21)26-4-2/h15-17,19-21,23H,3-14,18,22H2,1-2H3;14-16,18-20,22H,3-13,17,21H2,1-2H3;13-15,17-19,21H,3-12,16,20H2,1-2H3;13-15,17-20H,3-12,16H2,1-2H3. The van der Waals surface area contributed by atoms with Crippen molar-refractivity contribution in [3.8, 4) is 23.0 Å². The van der Waals surface area contributed by atoms with E-state index in [0.29, 0.717) is 6.61 Å². The van der Waals surface area contributed by atoms with Crippen LogP contribution in [0, 0.1) is 0 Å². The smallest absolute Gasteiger partial charge is 0.119 e. The number of hydrogen-bond acceptors (Lipinski definition) is 8. The van der Waals surface area contributed by atoms with Gasteiger partial charge in [0.2, 0.25) is 0 Å². The van der Waals surface area contributed by atoms with Gasteiger partial charge in [0, 0.05) is 47.6 Å². The SMILES string of the molecule is CCCCCCCCCc1ccc(CCc2ccc(OCC)cc2)nc1.CCCCCCCCCc1ccc(CCc2ccc(OCCC)cc2)nc1.CCCCCCCCCc1ccc(CCc2ccc(OCCCC)cc2)nc1.CCCCCCCCCc1ccc(CCc2ccc(OCCCCC)cc2)nc1. The van der Waals surface area contributed by atoms with Gasteiger partial charge in [-0.15, -0.1) is 0 Å². The highest BCUT2D eigenvalue weighted by atomic mass is 16.5. The molecule has 4 heterocycles. The fraction of sp³-hybridized carbons (Fsp3) is 0.569. The molecular weight excluding hydrogens is 1350 g/mol. The van der Waals surface area contributed by atoms with E-state index in [4.69, 9.17) is 18.9 Å². The van der Waals surface area contributed by atoms with Crippen molar-refractivity contribution in [2.45, 2.75) is 351 Å². The minimum atomic E-state index is 0.717. The van der Waals surface area contributed by atoms with Gasteiger partial charge in [-0.2, -0.15) is 0 Å². The molecule has 8 nitrogen and oxygen atoms in total. The third kappa shape index (κ3) is 46.5. The molecule has 0 bridgehead atoms. The second-order valence-corrected chi connectivity index (χ2v) is 30.7. The number of hydrogen-bond donors (Lipinski definition) is 0. The number of aryl methyl sites for hydroxylation is 12. The van der Waals surface area contributed by atoms with Crippen molar-refractivity contribution < 1.29 is 18.9 Å². The quantitative estimate of drug-likeness (QED) is 0.0349. The Morgan fingerprint density at radius 3 is 0.627 bits per heavy atom. The predicted octanol–water partition coefficient (Wildman–Crippen LogP) is 28.6. The molecule has 0 atom stereocenters. The highest BCUT2D eigenvalue weighted by Crippen LogP contribution is 2.22. The number of aromatic nitrogens is 4. The highest BCUT2D eigenvalue weighted by molar-refractivity contribution is 5.32. The van der Waals surface area contributed by atoms with Gasteiger partial charge in [-0.3, -0.25) is 19.9 Å². The molecule has 0 fully saturated rings. The third-order valence-corrected chi connectivity index (χ3v) is 20.8. The maximum Gasteiger partial charge on any atom is 0.119 e. The summed E-state index contributed by atoms with van der Waals surface area (Å²) in [6.45, 7) is 20.8. The lowest BCUT2D eigenvalue weighted by Crippen LogP contribution is -1.98. The van der Waals surface area contributed by atoms with Gasteiger partial charge in [0.15, 0.2) is 0 Å². The van der Waals surface area contributed by atoms with E-state index in [9.17, 15) is 0 Å². The molecule has 0 amide bonds. The van der Waals surface area contributed by atoms with E-state index < -0.39 is 0 Å². The molecule has 0 aliphatic rings. The van der Waals surface area contributed by atoms with E-state index in [1.54, 1.807) is 0 Å². The molecule has 110 heavy (non-hydrogen) atoms. The zero-order valence-corrected chi connectivity index (χ0v) is 70.9. The van der Waals surface area contributed by atoms with Crippen LogP contribution in [-0.4, -0.2) is 46.4 Å². The topological polar surface area (TPSA) is 88.5 Å². The first kappa shape index (κ1) is 93.3. The van der Waals surface area contributed by atoms with Crippen LogP contribution in [0.1, 0.15) is 341 Å². The molecule has 0 saturated heterocycles. The molecule has 4 aromatic carbocycles. The Labute approximate surface area is 672 Å². The van der Waals surface area contributed by atoms with Crippen molar-refractivity contribution in [2.75, 3.05) is 26.4 Å². The zero-order chi connectivity index (χ0) is 78.0. The van der Waals surface area contributed by atoms with Crippen molar-refractivity contribution in [1.29, 1.82) is 0 Å². The maximum atomic E-state index is 5.79. The van der Waals surface area contributed by atoms with Gasteiger partial charge in [-0.25, -0.2) is 0 Å². The molecule has 8 heteroatoms. The molecule has 0 saturated carbocycles. The number of benzene rings is 4. The number of rotatable bonds is 58. The Kier molecular flexibility index (Phi) is 54.5. The van der Waals surface area contributed by atoms with Crippen LogP contribution in [0.5, 0.6) is 23.0 Å². The van der Waals surface area contributed by atoms with Gasteiger partial charge in [0.25, 0.3) is 0 Å². The van der Waals surface area contributed by atoms with Gasteiger partial charge in [0.05, 0.1) is 26.4 Å². The average molecular weight is 1500 g/mol. The van der Waals surface area contributed by atoms with Crippen LogP contribution < -0.4 is 18.9 Å². The molecule has 0 radical (unpaired) electrons.